The average molecular weight is 244 g/mol. The molecule has 0 unspecified atom stereocenters. The lowest BCUT2D eigenvalue weighted by molar-refractivity contribution is 0.281. The van der Waals surface area contributed by atoms with Crippen LogP contribution >= 0.6 is 0 Å². The topological polar surface area (TPSA) is 49.7 Å². The standard InChI is InChI=1S/C15H16O3/c1-11-8-13(10-17)4-7-15(11)18-14-5-2-12(9-16)3-6-14/h2-8,16-17H,9-10H2,1H3. The molecule has 0 heterocycles. The second kappa shape index (κ2) is 5.67. The summed E-state index contributed by atoms with van der Waals surface area (Å²) in [5, 5.41) is 18.0. The molecular weight excluding hydrogens is 228 g/mol. The van der Waals surface area contributed by atoms with Crippen molar-refractivity contribution in [3.8, 4) is 11.5 Å². The first-order valence-corrected chi connectivity index (χ1v) is 5.81. The van der Waals surface area contributed by atoms with Gasteiger partial charge in [-0.1, -0.05) is 24.3 Å². The quantitative estimate of drug-likeness (QED) is 0.869. The van der Waals surface area contributed by atoms with Crippen LogP contribution in [0.4, 0.5) is 0 Å². The predicted molar refractivity (Wildman–Crippen MR) is 69.5 cm³/mol. The van der Waals surface area contributed by atoms with Crippen molar-refractivity contribution in [1.29, 1.82) is 0 Å². The average Bonchev–Trinajstić information content (AvgIpc) is 2.42. The molecule has 2 rings (SSSR count). The summed E-state index contributed by atoms with van der Waals surface area (Å²) in [5.41, 5.74) is 2.71. The van der Waals surface area contributed by atoms with E-state index in [2.05, 4.69) is 0 Å². The van der Waals surface area contributed by atoms with Crippen LogP contribution in [-0.4, -0.2) is 10.2 Å². The number of hydrogen-bond acceptors (Lipinski definition) is 3. The summed E-state index contributed by atoms with van der Waals surface area (Å²) in [7, 11) is 0. The van der Waals surface area contributed by atoms with Gasteiger partial charge >= 0.3 is 0 Å². The Hall–Kier alpha value is -1.84. The van der Waals surface area contributed by atoms with E-state index < -0.39 is 0 Å². The van der Waals surface area contributed by atoms with Gasteiger partial charge in [-0.15, -0.1) is 0 Å². The summed E-state index contributed by atoms with van der Waals surface area (Å²) in [6.07, 6.45) is 0. The van der Waals surface area contributed by atoms with Crippen LogP contribution in [0.5, 0.6) is 11.5 Å². The van der Waals surface area contributed by atoms with Crippen LogP contribution in [0.2, 0.25) is 0 Å². The molecular formula is C15H16O3. The molecule has 0 fully saturated rings. The third-order valence-corrected chi connectivity index (χ3v) is 2.76. The first kappa shape index (κ1) is 12.6. The zero-order valence-corrected chi connectivity index (χ0v) is 10.3. The number of aryl methyl sites for hydroxylation is 1. The fourth-order valence-electron chi connectivity index (χ4n) is 1.71. The maximum absolute atomic E-state index is 9.04. The highest BCUT2D eigenvalue weighted by Crippen LogP contribution is 2.26. The van der Waals surface area contributed by atoms with Crippen molar-refractivity contribution in [2.24, 2.45) is 0 Å². The van der Waals surface area contributed by atoms with Gasteiger partial charge in [-0.05, 0) is 41.8 Å². The van der Waals surface area contributed by atoms with E-state index in [4.69, 9.17) is 14.9 Å². The van der Waals surface area contributed by atoms with E-state index in [1.807, 2.05) is 49.4 Å². The summed E-state index contributed by atoms with van der Waals surface area (Å²) >= 11 is 0. The summed E-state index contributed by atoms with van der Waals surface area (Å²) in [6.45, 7) is 2.01. The fourth-order valence-corrected chi connectivity index (χ4v) is 1.71. The highest BCUT2D eigenvalue weighted by Gasteiger charge is 2.02. The smallest absolute Gasteiger partial charge is 0.130 e. The van der Waals surface area contributed by atoms with Gasteiger partial charge in [0.15, 0.2) is 0 Å². The van der Waals surface area contributed by atoms with Crippen LogP contribution in [0, 0.1) is 6.92 Å². The van der Waals surface area contributed by atoms with Crippen molar-refractivity contribution in [2.45, 2.75) is 20.1 Å². The molecule has 0 aliphatic rings. The van der Waals surface area contributed by atoms with Crippen LogP contribution in [0.15, 0.2) is 42.5 Å². The number of ether oxygens (including phenoxy) is 1. The Morgan fingerprint density at radius 3 is 2.06 bits per heavy atom. The molecule has 0 bridgehead atoms. The molecule has 0 amide bonds. The van der Waals surface area contributed by atoms with Crippen molar-refractivity contribution in [3.05, 3.63) is 59.2 Å². The third-order valence-electron chi connectivity index (χ3n) is 2.76. The molecule has 0 aliphatic heterocycles. The first-order chi connectivity index (χ1) is 8.72. The van der Waals surface area contributed by atoms with E-state index >= 15 is 0 Å². The fraction of sp³-hybridized carbons (Fsp3) is 0.200. The zero-order chi connectivity index (χ0) is 13.0. The SMILES string of the molecule is Cc1cc(CO)ccc1Oc1ccc(CO)cc1. The number of aliphatic hydroxyl groups excluding tert-OH is 2. The number of aliphatic hydroxyl groups is 2. The predicted octanol–water partition coefficient (Wildman–Crippen LogP) is 2.77. The van der Waals surface area contributed by atoms with Crippen molar-refractivity contribution < 1.29 is 14.9 Å². The number of benzene rings is 2. The number of rotatable bonds is 4. The van der Waals surface area contributed by atoms with Crippen molar-refractivity contribution in [3.63, 3.8) is 0 Å². The highest BCUT2D eigenvalue weighted by atomic mass is 16.5. The van der Waals surface area contributed by atoms with Crippen LogP contribution < -0.4 is 4.74 Å². The molecule has 2 N–H and O–H groups in total. The second-order valence-electron chi connectivity index (χ2n) is 4.16. The second-order valence-corrected chi connectivity index (χ2v) is 4.16. The number of hydrogen-bond donors (Lipinski definition) is 2. The normalized spacial score (nSPS) is 10.4. The Labute approximate surface area is 106 Å². The monoisotopic (exact) mass is 244 g/mol. The van der Waals surface area contributed by atoms with Gasteiger partial charge in [0.1, 0.15) is 11.5 Å². The van der Waals surface area contributed by atoms with Crippen molar-refractivity contribution in [2.75, 3.05) is 0 Å². The Morgan fingerprint density at radius 2 is 1.50 bits per heavy atom. The van der Waals surface area contributed by atoms with Gasteiger partial charge in [0.25, 0.3) is 0 Å². The minimum absolute atomic E-state index is 0.0322. The minimum Gasteiger partial charge on any atom is -0.457 e. The molecule has 0 saturated carbocycles. The molecule has 0 radical (unpaired) electrons. The lowest BCUT2D eigenvalue weighted by atomic mass is 10.1. The van der Waals surface area contributed by atoms with E-state index in [1.165, 1.54) is 0 Å². The van der Waals surface area contributed by atoms with Crippen LogP contribution in [0.25, 0.3) is 0 Å². The Kier molecular flexibility index (Phi) is 3.97. The molecule has 2 aromatic rings. The Morgan fingerprint density at radius 1 is 0.889 bits per heavy atom. The third kappa shape index (κ3) is 2.88. The maximum Gasteiger partial charge on any atom is 0.130 e. The van der Waals surface area contributed by atoms with Crippen LogP contribution in [0.3, 0.4) is 0 Å². The summed E-state index contributed by atoms with van der Waals surface area (Å²) in [5.74, 6) is 1.50. The van der Waals surface area contributed by atoms with Gasteiger partial charge in [-0.25, -0.2) is 0 Å². The molecule has 0 saturated heterocycles. The van der Waals surface area contributed by atoms with Gasteiger partial charge in [0, 0.05) is 0 Å². The molecule has 3 nitrogen and oxygen atoms in total. The molecule has 3 heteroatoms. The van der Waals surface area contributed by atoms with Crippen molar-refractivity contribution in [1.82, 2.24) is 0 Å². The van der Waals surface area contributed by atoms with Gasteiger partial charge in [0.05, 0.1) is 13.2 Å². The minimum atomic E-state index is 0.0322. The molecule has 2 aromatic carbocycles. The molecule has 0 aromatic heterocycles. The molecule has 18 heavy (non-hydrogen) atoms. The summed E-state index contributed by atoms with van der Waals surface area (Å²) in [4.78, 5) is 0. The summed E-state index contributed by atoms with van der Waals surface area (Å²) < 4.78 is 5.74. The lowest BCUT2D eigenvalue weighted by Gasteiger charge is -2.10. The van der Waals surface area contributed by atoms with Gasteiger partial charge in [-0.3, -0.25) is 0 Å². The van der Waals surface area contributed by atoms with E-state index in [9.17, 15) is 0 Å². The van der Waals surface area contributed by atoms with Gasteiger partial charge < -0.3 is 14.9 Å². The highest BCUT2D eigenvalue weighted by molar-refractivity contribution is 5.40. The maximum atomic E-state index is 9.04. The zero-order valence-electron chi connectivity index (χ0n) is 10.3. The van der Waals surface area contributed by atoms with E-state index in [0.717, 1.165) is 28.2 Å². The van der Waals surface area contributed by atoms with E-state index in [-0.39, 0.29) is 13.2 Å². The van der Waals surface area contributed by atoms with Crippen LogP contribution in [0.1, 0.15) is 16.7 Å². The van der Waals surface area contributed by atoms with E-state index in [1.54, 1.807) is 0 Å². The Balaban J connectivity index is 2.17. The largest absolute Gasteiger partial charge is 0.457 e. The molecule has 0 aliphatic carbocycles. The van der Waals surface area contributed by atoms with E-state index in [0.29, 0.717) is 0 Å². The first-order valence-electron chi connectivity index (χ1n) is 5.81. The molecule has 94 valence electrons. The molecule has 0 spiro atoms. The van der Waals surface area contributed by atoms with Gasteiger partial charge in [-0.2, -0.15) is 0 Å². The summed E-state index contributed by atoms with van der Waals surface area (Å²) in [6, 6.07) is 12.9. The lowest BCUT2D eigenvalue weighted by Crippen LogP contribution is -1.91. The van der Waals surface area contributed by atoms with Crippen molar-refractivity contribution >= 4 is 0 Å². The Bertz CT molecular complexity index is 518. The molecule has 0 atom stereocenters. The van der Waals surface area contributed by atoms with Gasteiger partial charge in [0.2, 0.25) is 0 Å². The van der Waals surface area contributed by atoms with Crippen LogP contribution in [-0.2, 0) is 13.2 Å².